The number of ether oxygens (including phenoxy) is 1. The molecule has 76 valence electrons. The summed E-state index contributed by atoms with van der Waals surface area (Å²) in [5.74, 6) is -1.50. The van der Waals surface area contributed by atoms with Crippen LogP contribution < -0.4 is 4.74 Å². The summed E-state index contributed by atoms with van der Waals surface area (Å²) in [5.41, 5.74) is 0.205. The van der Waals surface area contributed by atoms with Gasteiger partial charge in [-0.3, -0.25) is 4.79 Å². The highest BCUT2D eigenvalue weighted by Gasteiger charge is 2.12. The fourth-order valence-corrected chi connectivity index (χ4v) is 1.31. The Hall–Kier alpha value is -1.29. The average Bonchev–Trinajstić information content (AvgIpc) is 2.09. The summed E-state index contributed by atoms with van der Waals surface area (Å²) in [7, 11) is 1.34. The molecule has 0 saturated carbocycles. The number of hydrogen-bond acceptors (Lipinski definition) is 2. The average molecular weight is 219 g/mol. The van der Waals surface area contributed by atoms with Gasteiger partial charge in [-0.05, 0) is 11.6 Å². The minimum Gasteiger partial charge on any atom is -0.495 e. The predicted octanol–water partition coefficient (Wildman–Crippen LogP) is 2.11. The van der Waals surface area contributed by atoms with Gasteiger partial charge in [0.1, 0.15) is 11.6 Å². The SMILES string of the molecule is COc1cc(F)cc(CC(=O)O)c1Cl. The molecular weight excluding hydrogens is 211 g/mol. The summed E-state index contributed by atoms with van der Waals surface area (Å²) < 4.78 is 17.7. The van der Waals surface area contributed by atoms with Crippen LogP contribution in [0.2, 0.25) is 5.02 Å². The molecule has 0 amide bonds. The van der Waals surface area contributed by atoms with E-state index in [1.54, 1.807) is 0 Å². The first kappa shape index (κ1) is 10.8. The van der Waals surface area contributed by atoms with Gasteiger partial charge in [0.25, 0.3) is 0 Å². The zero-order valence-electron chi connectivity index (χ0n) is 7.38. The van der Waals surface area contributed by atoms with Crippen molar-refractivity contribution in [2.75, 3.05) is 7.11 Å². The molecular formula is C9H8ClFO3. The molecule has 1 rings (SSSR count). The number of carbonyl (C=O) groups is 1. The van der Waals surface area contributed by atoms with Crippen molar-refractivity contribution in [2.45, 2.75) is 6.42 Å². The number of halogens is 2. The van der Waals surface area contributed by atoms with Gasteiger partial charge in [-0.15, -0.1) is 0 Å². The standard InChI is InChI=1S/C9H8ClFO3/c1-14-7-4-6(11)2-5(9(7)10)3-8(12)13/h2,4H,3H2,1H3,(H,12,13). The highest BCUT2D eigenvalue weighted by Crippen LogP contribution is 2.29. The van der Waals surface area contributed by atoms with Crippen LogP contribution in [-0.2, 0) is 11.2 Å². The molecule has 0 fully saturated rings. The van der Waals surface area contributed by atoms with E-state index < -0.39 is 11.8 Å². The highest BCUT2D eigenvalue weighted by molar-refractivity contribution is 6.33. The summed E-state index contributed by atoms with van der Waals surface area (Å²) in [5, 5.41) is 8.66. The van der Waals surface area contributed by atoms with Gasteiger partial charge in [-0.25, -0.2) is 4.39 Å². The second kappa shape index (κ2) is 4.28. The van der Waals surface area contributed by atoms with Crippen molar-refractivity contribution in [1.29, 1.82) is 0 Å². The fraction of sp³-hybridized carbons (Fsp3) is 0.222. The van der Waals surface area contributed by atoms with E-state index >= 15 is 0 Å². The third-order valence-corrected chi connectivity index (χ3v) is 2.07. The second-order valence-electron chi connectivity index (χ2n) is 2.65. The molecule has 0 saturated heterocycles. The number of rotatable bonds is 3. The minimum atomic E-state index is -1.07. The Labute approximate surface area is 85.1 Å². The number of hydrogen-bond donors (Lipinski definition) is 1. The van der Waals surface area contributed by atoms with E-state index in [-0.39, 0.29) is 22.8 Å². The Morgan fingerprint density at radius 1 is 1.64 bits per heavy atom. The molecule has 0 aliphatic heterocycles. The molecule has 0 radical (unpaired) electrons. The Kier molecular flexibility index (Phi) is 3.30. The van der Waals surface area contributed by atoms with E-state index in [0.29, 0.717) is 0 Å². The molecule has 0 unspecified atom stereocenters. The summed E-state index contributed by atoms with van der Waals surface area (Å²) in [6.45, 7) is 0. The van der Waals surface area contributed by atoms with Crippen LogP contribution in [0.1, 0.15) is 5.56 Å². The van der Waals surface area contributed by atoms with Gasteiger partial charge in [0.15, 0.2) is 0 Å². The first-order chi connectivity index (χ1) is 6.54. The van der Waals surface area contributed by atoms with Crippen molar-refractivity contribution in [3.8, 4) is 5.75 Å². The van der Waals surface area contributed by atoms with Crippen LogP contribution in [-0.4, -0.2) is 18.2 Å². The van der Waals surface area contributed by atoms with Crippen LogP contribution in [0.3, 0.4) is 0 Å². The van der Waals surface area contributed by atoms with E-state index in [0.717, 1.165) is 12.1 Å². The lowest BCUT2D eigenvalue weighted by Gasteiger charge is -2.07. The van der Waals surface area contributed by atoms with Crippen molar-refractivity contribution in [1.82, 2.24) is 0 Å². The van der Waals surface area contributed by atoms with Crippen LogP contribution in [0.15, 0.2) is 12.1 Å². The van der Waals surface area contributed by atoms with Crippen LogP contribution in [0.4, 0.5) is 4.39 Å². The first-order valence-electron chi connectivity index (χ1n) is 3.78. The lowest BCUT2D eigenvalue weighted by atomic mass is 10.1. The maximum absolute atomic E-state index is 12.9. The summed E-state index contributed by atoms with van der Waals surface area (Å²) >= 11 is 5.77. The van der Waals surface area contributed by atoms with Gasteiger partial charge in [0, 0.05) is 6.07 Å². The predicted molar refractivity (Wildman–Crippen MR) is 49.3 cm³/mol. The van der Waals surface area contributed by atoms with Gasteiger partial charge >= 0.3 is 5.97 Å². The Morgan fingerprint density at radius 2 is 2.29 bits per heavy atom. The van der Waals surface area contributed by atoms with Gasteiger partial charge in [-0.1, -0.05) is 11.6 Å². The van der Waals surface area contributed by atoms with Gasteiger partial charge < -0.3 is 9.84 Å². The molecule has 1 aromatic carbocycles. The molecule has 5 heteroatoms. The van der Waals surface area contributed by atoms with E-state index in [1.165, 1.54) is 7.11 Å². The van der Waals surface area contributed by atoms with E-state index in [2.05, 4.69) is 0 Å². The summed E-state index contributed by atoms with van der Waals surface area (Å²) in [4.78, 5) is 10.4. The smallest absolute Gasteiger partial charge is 0.307 e. The van der Waals surface area contributed by atoms with E-state index in [9.17, 15) is 9.18 Å². The topological polar surface area (TPSA) is 46.5 Å². The molecule has 0 aliphatic carbocycles. The van der Waals surface area contributed by atoms with Crippen LogP contribution in [0.25, 0.3) is 0 Å². The van der Waals surface area contributed by atoms with Crippen molar-refractivity contribution in [3.63, 3.8) is 0 Å². The highest BCUT2D eigenvalue weighted by atomic mass is 35.5. The summed E-state index contributed by atoms with van der Waals surface area (Å²) in [6, 6.07) is 2.19. The molecule has 0 aromatic heterocycles. The summed E-state index contributed by atoms with van der Waals surface area (Å²) in [6.07, 6.45) is -0.326. The zero-order chi connectivity index (χ0) is 10.7. The number of carboxylic acid groups (broad SMARTS) is 1. The quantitative estimate of drug-likeness (QED) is 0.845. The Morgan fingerprint density at radius 3 is 2.79 bits per heavy atom. The lowest BCUT2D eigenvalue weighted by Crippen LogP contribution is -2.02. The normalized spacial score (nSPS) is 9.93. The van der Waals surface area contributed by atoms with Crippen molar-refractivity contribution in [2.24, 2.45) is 0 Å². The monoisotopic (exact) mass is 218 g/mol. The molecule has 0 bridgehead atoms. The third-order valence-electron chi connectivity index (χ3n) is 1.64. The molecule has 0 heterocycles. The Bertz CT molecular complexity index is 365. The van der Waals surface area contributed by atoms with E-state index in [1.807, 2.05) is 0 Å². The number of aliphatic carboxylic acids is 1. The first-order valence-corrected chi connectivity index (χ1v) is 4.16. The second-order valence-corrected chi connectivity index (χ2v) is 3.03. The van der Waals surface area contributed by atoms with Crippen molar-refractivity contribution in [3.05, 3.63) is 28.5 Å². The Balaban J connectivity index is 3.15. The number of methoxy groups -OCH3 is 1. The van der Waals surface area contributed by atoms with Crippen LogP contribution in [0, 0.1) is 5.82 Å². The molecule has 1 aromatic rings. The van der Waals surface area contributed by atoms with Gasteiger partial charge in [-0.2, -0.15) is 0 Å². The third kappa shape index (κ3) is 2.35. The fourth-order valence-electron chi connectivity index (χ4n) is 1.06. The maximum Gasteiger partial charge on any atom is 0.307 e. The van der Waals surface area contributed by atoms with Gasteiger partial charge in [0.2, 0.25) is 0 Å². The molecule has 3 nitrogen and oxygen atoms in total. The molecule has 14 heavy (non-hydrogen) atoms. The minimum absolute atomic E-state index is 0.135. The van der Waals surface area contributed by atoms with Crippen molar-refractivity contribution >= 4 is 17.6 Å². The maximum atomic E-state index is 12.9. The molecule has 0 spiro atoms. The lowest BCUT2D eigenvalue weighted by molar-refractivity contribution is -0.136. The number of carboxylic acids is 1. The molecule has 0 aliphatic rings. The van der Waals surface area contributed by atoms with E-state index in [4.69, 9.17) is 21.4 Å². The van der Waals surface area contributed by atoms with Gasteiger partial charge in [0.05, 0.1) is 18.6 Å². The number of benzene rings is 1. The molecule has 1 N–H and O–H groups in total. The molecule has 0 atom stereocenters. The van der Waals surface area contributed by atoms with Crippen molar-refractivity contribution < 1.29 is 19.0 Å². The van der Waals surface area contributed by atoms with Crippen LogP contribution >= 0.6 is 11.6 Å². The van der Waals surface area contributed by atoms with Crippen LogP contribution in [0.5, 0.6) is 5.75 Å². The largest absolute Gasteiger partial charge is 0.495 e. The zero-order valence-corrected chi connectivity index (χ0v) is 8.14.